The summed E-state index contributed by atoms with van der Waals surface area (Å²) in [5.41, 5.74) is 1.74. The Bertz CT molecular complexity index is 1830. The molecule has 2 N–H and O–H groups in total. The average Bonchev–Trinajstić information content (AvgIpc) is 3.47. The van der Waals surface area contributed by atoms with Crippen molar-refractivity contribution >= 4 is 17.7 Å². The third-order valence-corrected chi connectivity index (χ3v) is 8.02. The normalized spacial score (nSPS) is 18.2. The molecule has 0 saturated carbocycles. The van der Waals surface area contributed by atoms with E-state index in [1.54, 1.807) is 55.6 Å². The van der Waals surface area contributed by atoms with Gasteiger partial charge in [0.2, 0.25) is 5.82 Å². The van der Waals surface area contributed by atoms with Gasteiger partial charge in [-0.05, 0) is 47.5 Å². The number of nitrogens with one attached hydrogen (secondary N) is 2. The first-order chi connectivity index (χ1) is 22.7. The molecular formula is C33H33FN6O7. The van der Waals surface area contributed by atoms with Gasteiger partial charge in [-0.1, -0.05) is 18.2 Å². The van der Waals surface area contributed by atoms with Crippen LogP contribution < -0.4 is 29.6 Å². The summed E-state index contributed by atoms with van der Waals surface area (Å²) < 4.78 is 39.3. The van der Waals surface area contributed by atoms with Crippen LogP contribution in [0.1, 0.15) is 33.0 Å². The lowest BCUT2D eigenvalue weighted by Crippen LogP contribution is -2.58. The molecule has 47 heavy (non-hydrogen) atoms. The summed E-state index contributed by atoms with van der Waals surface area (Å²) in [6, 6.07) is 15.8. The molecule has 3 amide bonds. The van der Waals surface area contributed by atoms with Crippen LogP contribution >= 0.6 is 0 Å². The van der Waals surface area contributed by atoms with E-state index >= 15 is 4.39 Å². The van der Waals surface area contributed by atoms with Gasteiger partial charge in [-0.3, -0.25) is 14.4 Å². The van der Waals surface area contributed by atoms with Crippen molar-refractivity contribution in [2.24, 2.45) is 7.05 Å². The fourth-order valence-corrected chi connectivity index (χ4v) is 5.58. The first-order valence-electron chi connectivity index (χ1n) is 14.9. The van der Waals surface area contributed by atoms with Gasteiger partial charge in [-0.25, -0.2) is 9.07 Å². The maximum Gasteiger partial charge on any atom is 0.314 e. The average molecular weight is 645 g/mol. The van der Waals surface area contributed by atoms with Gasteiger partial charge in [-0.15, -0.1) is 5.10 Å². The van der Waals surface area contributed by atoms with Crippen molar-refractivity contribution in [2.45, 2.75) is 25.1 Å². The monoisotopic (exact) mass is 644 g/mol. The number of benzene rings is 3. The van der Waals surface area contributed by atoms with E-state index in [1.807, 2.05) is 0 Å². The van der Waals surface area contributed by atoms with E-state index < -0.39 is 29.8 Å². The van der Waals surface area contributed by atoms with Gasteiger partial charge in [-0.2, -0.15) is 4.98 Å². The Morgan fingerprint density at radius 1 is 1.02 bits per heavy atom. The predicted octanol–water partition coefficient (Wildman–Crippen LogP) is 2.74. The van der Waals surface area contributed by atoms with Crippen molar-refractivity contribution in [1.29, 1.82) is 0 Å². The SMILES string of the molecule is COc1cc2ccc1CNC(=O)COc1cccc(c1)-c1ccc(F)c(c1)C(=O)N[C@@H]1CN(C(=O)c3nc(OC)n(C)n3)CC[C@@H]1O2. The van der Waals surface area contributed by atoms with Crippen LogP contribution in [0.4, 0.5) is 4.39 Å². The lowest BCUT2D eigenvalue weighted by atomic mass is 9.99. The highest BCUT2D eigenvalue weighted by Crippen LogP contribution is 2.29. The number of aromatic nitrogens is 3. The molecule has 3 aliphatic rings. The van der Waals surface area contributed by atoms with Crippen LogP contribution in [0.3, 0.4) is 0 Å². The minimum absolute atomic E-state index is 0.0394. The number of carbonyl (C=O) groups is 3. The molecule has 3 aromatic carbocycles. The zero-order chi connectivity index (χ0) is 33.1. The van der Waals surface area contributed by atoms with Crippen LogP contribution in [0.2, 0.25) is 0 Å². The minimum Gasteiger partial charge on any atom is -0.496 e. The standard InChI is InChI=1S/C33H33FN6O7/c1-39-33(45-3)37-30(38-39)32(43)40-12-11-27-26(17-40)36-31(42)24-14-20(8-10-25(24)34)19-5-4-6-22(13-19)46-18-29(41)35-16-21-7-9-23(47-27)15-28(21)44-2/h4-10,13-15,26-27H,11-12,16-18H2,1-3H3,(H,35,41)(H,36,42)/t26-,27+/m1/s1. The molecule has 0 radical (unpaired) electrons. The first kappa shape index (κ1) is 31.3. The van der Waals surface area contributed by atoms with Crippen molar-refractivity contribution in [3.05, 3.63) is 83.4 Å². The molecule has 1 saturated heterocycles. The molecule has 13 nitrogen and oxygen atoms in total. The number of carbonyl (C=O) groups excluding carboxylic acids is 3. The fourth-order valence-electron chi connectivity index (χ4n) is 5.58. The van der Waals surface area contributed by atoms with Gasteiger partial charge in [0.25, 0.3) is 17.7 Å². The minimum atomic E-state index is -0.749. The Morgan fingerprint density at radius 2 is 1.85 bits per heavy atom. The summed E-state index contributed by atoms with van der Waals surface area (Å²) in [7, 11) is 4.55. The lowest BCUT2D eigenvalue weighted by molar-refractivity contribution is -0.123. The topological polar surface area (TPSA) is 146 Å². The summed E-state index contributed by atoms with van der Waals surface area (Å²) in [6.45, 7) is 0.282. The lowest BCUT2D eigenvalue weighted by Gasteiger charge is -2.38. The largest absolute Gasteiger partial charge is 0.496 e. The third-order valence-electron chi connectivity index (χ3n) is 8.02. The van der Waals surface area contributed by atoms with Crippen LogP contribution in [-0.4, -0.2) is 83.4 Å². The molecule has 3 aliphatic heterocycles. The molecule has 0 aliphatic carbocycles. The van der Waals surface area contributed by atoms with E-state index in [9.17, 15) is 14.4 Å². The van der Waals surface area contributed by atoms with Crippen LogP contribution in [0.5, 0.6) is 23.3 Å². The Labute approximate surface area is 269 Å². The number of likely N-dealkylation sites (tertiary alicyclic amines) is 1. The number of ether oxygens (including phenoxy) is 4. The zero-order valence-electron chi connectivity index (χ0n) is 26.0. The maximum atomic E-state index is 15.2. The first-order valence-corrected chi connectivity index (χ1v) is 14.9. The summed E-state index contributed by atoms with van der Waals surface area (Å²) in [5, 5.41) is 9.91. The molecule has 14 heteroatoms. The highest BCUT2D eigenvalue weighted by Gasteiger charge is 2.36. The van der Waals surface area contributed by atoms with Gasteiger partial charge < -0.3 is 34.5 Å². The number of rotatable bonds is 3. The van der Waals surface area contributed by atoms with E-state index in [4.69, 9.17) is 18.9 Å². The van der Waals surface area contributed by atoms with Crippen molar-refractivity contribution in [2.75, 3.05) is 33.9 Å². The number of aryl methyl sites for hydroxylation is 1. The Kier molecular flexibility index (Phi) is 8.91. The number of amides is 3. The second kappa shape index (κ2) is 13.4. The number of hydrogen-bond donors (Lipinski definition) is 2. The Hall–Kier alpha value is -5.66. The smallest absolute Gasteiger partial charge is 0.314 e. The zero-order valence-corrected chi connectivity index (χ0v) is 26.0. The van der Waals surface area contributed by atoms with Gasteiger partial charge >= 0.3 is 6.01 Å². The second-order valence-electron chi connectivity index (χ2n) is 11.1. The summed E-state index contributed by atoms with van der Waals surface area (Å²) in [6.07, 6.45) is -0.272. The van der Waals surface area contributed by atoms with Crippen LogP contribution in [0.25, 0.3) is 11.1 Å². The van der Waals surface area contributed by atoms with Gasteiger partial charge in [0.05, 0.1) is 25.8 Å². The second-order valence-corrected chi connectivity index (χ2v) is 11.1. The van der Waals surface area contributed by atoms with Crippen LogP contribution in [-0.2, 0) is 18.4 Å². The highest BCUT2D eigenvalue weighted by molar-refractivity contribution is 5.96. The van der Waals surface area contributed by atoms with Gasteiger partial charge in [0.15, 0.2) is 6.61 Å². The van der Waals surface area contributed by atoms with Crippen LogP contribution in [0, 0.1) is 5.82 Å². The van der Waals surface area contributed by atoms with Crippen molar-refractivity contribution in [3.8, 4) is 34.4 Å². The fraction of sp³-hybridized carbons (Fsp3) is 0.303. The van der Waals surface area contributed by atoms with Crippen molar-refractivity contribution in [3.63, 3.8) is 0 Å². The quantitative estimate of drug-likeness (QED) is 0.344. The molecule has 4 aromatic rings. The van der Waals surface area contributed by atoms with E-state index in [0.717, 1.165) is 0 Å². The molecule has 0 spiro atoms. The number of hydrogen-bond acceptors (Lipinski definition) is 9. The summed E-state index contributed by atoms with van der Waals surface area (Å²) >= 11 is 0. The molecule has 1 aromatic heterocycles. The molecule has 2 atom stereocenters. The Morgan fingerprint density at radius 3 is 2.64 bits per heavy atom. The van der Waals surface area contributed by atoms with Crippen LogP contribution in [0.15, 0.2) is 60.7 Å². The van der Waals surface area contributed by atoms with Gasteiger partial charge in [0, 0.05) is 44.7 Å². The molecule has 1 fully saturated rings. The summed E-state index contributed by atoms with van der Waals surface area (Å²) in [5.74, 6) is -0.891. The van der Waals surface area contributed by atoms with Gasteiger partial charge in [0.1, 0.15) is 29.2 Å². The third kappa shape index (κ3) is 6.81. The number of methoxy groups -OCH3 is 2. The predicted molar refractivity (Wildman–Crippen MR) is 166 cm³/mol. The Balaban J connectivity index is 1.35. The molecule has 6 bridgehead atoms. The summed E-state index contributed by atoms with van der Waals surface area (Å²) in [4.78, 5) is 45.4. The van der Waals surface area contributed by atoms with Crippen molar-refractivity contribution in [1.82, 2.24) is 30.3 Å². The number of piperidine rings is 1. The number of halogens is 1. The van der Waals surface area contributed by atoms with Crippen molar-refractivity contribution < 1.29 is 37.7 Å². The van der Waals surface area contributed by atoms with E-state index in [-0.39, 0.29) is 49.5 Å². The maximum absolute atomic E-state index is 15.2. The molecule has 244 valence electrons. The molecule has 4 heterocycles. The van der Waals surface area contributed by atoms with E-state index in [2.05, 4.69) is 20.7 Å². The highest BCUT2D eigenvalue weighted by atomic mass is 19.1. The molecule has 7 rings (SSSR count). The molecule has 0 unspecified atom stereocenters. The number of fused-ring (bicyclic) bond motifs is 7. The van der Waals surface area contributed by atoms with E-state index in [0.29, 0.717) is 40.4 Å². The molecular weight excluding hydrogens is 611 g/mol. The number of nitrogens with zero attached hydrogens (tertiary/aromatic N) is 4. The van der Waals surface area contributed by atoms with E-state index in [1.165, 1.54) is 35.9 Å².